The van der Waals surface area contributed by atoms with Crippen molar-refractivity contribution in [2.24, 2.45) is 0 Å². The number of halogens is 2. The van der Waals surface area contributed by atoms with Gasteiger partial charge in [0, 0.05) is 13.0 Å². The van der Waals surface area contributed by atoms with Crippen LogP contribution in [-0.2, 0) is 0 Å². The van der Waals surface area contributed by atoms with E-state index in [1.165, 1.54) is 0 Å². The maximum atomic E-state index is 12.2. The minimum absolute atomic E-state index is 0.0532. The van der Waals surface area contributed by atoms with Crippen LogP contribution in [0.5, 0.6) is 0 Å². The van der Waals surface area contributed by atoms with Crippen molar-refractivity contribution in [1.29, 1.82) is 0 Å². The van der Waals surface area contributed by atoms with E-state index in [0.717, 1.165) is 4.90 Å². The van der Waals surface area contributed by atoms with E-state index >= 15 is 0 Å². The van der Waals surface area contributed by atoms with Crippen molar-refractivity contribution in [3.8, 4) is 0 Å². The summed E-state index contributed by atoms with van der Waals surface area (Å²) < 4.78 is 24.5. The lowest BCUT2D eigenvalue weighted by molar-refractivity contribution is 0.0129. The number of carbonyl (C=O) groups is 1. The minimum atomic E-state index is -2.81. The summed E-state index contributed by atoms with van der Waals surface area (Å²) in [4.78, 5) is 10.8. The number of likely N-dealkylation sites (tertiary alicyclic amines) is 1. The highest BCUT2D eigenvalue weighted by Gasteiger charge is 2.40. The second kappa shape index (κ2) is 2.07. The van der Waals surface area contributed by atoms with Crippen LogP contribution in [0.3, 0.4) is 0 Å². The molecule has 0 atom stereocenters. The van der Waals surface area contributed by atoms with Crippen LogP contribution in [0.15, 0.2) is 0 Å². The highest BCUT2D eigenvalue weighted by Crippen LogP contribution is 2.26. The summed E-state index contributed by atoms with van der Waals surface area (Å²) >= 11 is 0. The zero-order valence-corrected chi connectivity index (χ0v) is 5.18. The van der Waals surface area contributed by atoms with Crippen molar-refractivity contribution in [2.45, 2.75) is 12.3 Å². The average molecular weight is 151 g/mol. The lowest BCUT2D eigenvalue weighted by Gasteiger charge is -2.10. The molecule has 0 aromatic carbocycles. The summed E-state index contributed by atoms with van der Waals surface area (Å²) in [7, 11) is 0. The second-order valence-corrected chi connectivity index (χ2v) is 2.31. The van der Waals surface area contributed by atoms with Crippen LogP contribution in [0.1, 0.15) is 6.42 Å². The molecule has 1 aliphatic rings. The summed E-state index contributed by atoms with van der Waals surface area (Å²) in [5, 5.41) is 8.24. The summed E-state index contributed by atoms with van der Waals surface area (Å²) in [6, 6.07) is 0. The number of carboxylic acid groups (broad SMARTS) is 1. The lowest BCUT2D eigenvalue weighted by Crippen LogP contribution is -2.29. The molecular formula is C5H7F2NO2. The van der Waals surface area contributed by atoms with Gasteiger partial charge in [-0.2, -0.15) is 0 Å². The molecule has 1 aliphatic heterocycles. The van der Waals surface area contributed by atoms with Crippen LogP contribution >= 0.6 is 0 Å². The van der Waals surface area contributed by atoms with Crippen LogP contribution in [0.25, 0.3) is 0 Å². The maximum Gasteiger partial charge on any atom is 0.407 e. The van der Waals surface area contributed by atoms with Crippen molar-refractivity contribution >= 4 is 6.09 Å². The molecule has 1 rings (SSSR count). The Morgan fingerprint density at radius 1 is 1.60 bits per heavy atom. The van der Waals surface area contributed by atoms with E-state index in [0.29, 0.717) is 0 Å². The Bertz CT molecular complexity index is 160. The van der Waals surface area contributed by atoms with E-state index in [9.17, 15) is 13.6 Å². The van der Waals surface area contributed by atoms with Gasteiger partial charge >= 0.3 is 6.09 Å². The van der Waals surface area contributed by atoms with Gasteiger partial charge in [0.1, 0.15) is 0 Å². The summed E-state index contributed by atoms with van der Waals surface area (Å²) in [6.45, 7) is -0.704. The highest BCUT2D eigenvalue weighted by molar-refractivity contribution is 5.65. The molecule has 1 saturated heterocycles. The van der Waals surface area contributed by atoms with Crippen molar-refractivity contribution in [1.82, 2.24) is 4.90 Å². The smallest absolute Gasteiger partial charge is 0.407 e. The van der Waals surface area contributed by atoms with E-state index < -0.39 is 18.6 Å². The molecule has 1 heterocycles. The van der Waals surface area contributed by atoms with Gasteiger partial charge in [0.05, 0.1) is 6.54 Å². The molecule has 0 unspecified atom stereocenters. The Labute approximate surface area is 56.2 Å². The van der Waals surface area contributed by atoms with E-state index in [1.54, 1.807) is 0 Å². The normalized spacial score (nSPS) is 23.2. The van der Waals surface area contributed by atoms with Gasteiger partial charge in [-0.25, -0.2) is 13.6 Å². The van der Waals surface area contributed by atoms with Crippen molar-refractivity contribution in [3.05, 3.63) is 0 Å². The van der Waals surface area contributed by atoms with Crippen LogP contribution in [0.4, 0.5) is 13.6 Å². The Morgan fingerprint density at radius 3 is 2.40 bits per heavy atom. The molecule has 0 saturated carbocycles. The predicted octanol–water partition coefficient (Wildman–Crippen LogP) is 1.01. The summed E-state index contributed by atoms with van der Waals surface area (Å²) in [5.74, 6) is -2.81. The molecule has 10 heavy (non-hydrogen) atoms. The Hall–Kier alpha value is -0.870. The maximum absolute atomic E-state index is 12.2. The molecule has 0 spiro atoms. The van der Waals surface area contributed by atoms with E-state index in [4.69, 9.17) is 5.11 Å². The summed E-state index contributed by atoms with van der Waals surface area (Å²) in [5.41, 5.74) is 0. The fourth-order valence-corrected chi connectivity index (χ4v) is 0.899. The zero-order valence-electron chi connectivity index (χ0n) is 5.18. The number of alkyl halides is 2. The fraction of sp³-hybridized carbons (Fsp3) is 0.800. The van der Waals surface area contributed by atoms with Crippen LogP contribution < -0.4 is 0 Å². The minimum Gasteiger partial charge on any atom is -0.465 e. The third-order valence-electron chi connectivity index (χ3n) is 1.44. The number of rotatable bonds is 0. The molecule has 0 radical (unpaired) electrons. The zero-order chi connectivity index (χ0) is 7.78. The molecule has 58 valence electrons. The third-order valence-corrected chi connectivity index (χ3v) is 1.44. The quantitative estimate of drug-likeness (QED) is 0.561. The van der Waals surface area contributed by atoms with Crippen molar-refractivity contribution in [3.63, 3.8) is 0 Å². The number of hydrogen-bond acceptors (Lipinski definition) is 1. The molecule has 0 bridgehead atoms. The first-order valence-corrected chi connectivity index (χ1v) is 2.87. The number of nitrogens with zero attached hydrogens (tertiary/aromatic N) is 1. The van der Waals surface area contributed by atoms with Gasteiger partial charge in [-0.05, 0) is 0 Å². The molecule has 1 amide bonds. The monoisotopic (exact) mass is 151 g/mol. The largest absolute Gasteiger partial charge is 0.465 e. The molecule has 1 fully saturated rings. The van der Waals surface area contributed by atoms with Gasteiger partial charge in [-0.15, -0.1) is 0 Å². The second-order valence-electron chi connectivity index (χ2n) is 2.31. The molecule has 0 aliphatic carbocycles. The van der Waals surface area contributed by atoms with Crippen molar-refractivity contribution < 1.29 is 18.7 Å². The first kappa shape index (κ1) is 7.24. The highest BCUT2D eigenvalue weighted by atomic mass is 19.3. The topological polar surface area (TPSA) is 40.5 Å². The molecule has 5 heteroatoms. The van der Waals surface area contributed by atoms with Gasteiger partial charge in [0.15, 0.2) is 0 Å². The first-order chi connectivity index (χ1) is 4.51. The van der Waals surface area contributed by atoms with Gasteiger partial charge in [-0.1, -0.05) is 0 Å². The Kier molecular flexibility index (Phi) is 1.50. The van der Waals surface area contributed by atoms with Crippen LogP contribution in [0.2, 0.25) is 0 Å². The Balaban J connectivity index is 2.51. The molecule has 0 aromatic heterocycles. The fourth-order valence-electron chi connectivity index (χ4n) is 0.899. The van der Waals surface area contributed by atoms with E-state index in [-0.39, 0.29) is 13.0 Å². The van der Waals surface area contributed by atoms with Gasteiger partial charge in [0.25, 0.3) is 5.92 Å². The third kappa shape index (κ3) is 1.34. The standard InChI is InChI=1S/C5H7F2NO2/c6-5(7)1-2-8(3-5)4(9)10/h1-3H2,(H,9,10). The molecule has 0 aromatic rings. The number of hydrogen-bond donors (Lipinski definition) is 1. The summed E-state index contributed by atoms with van der Waals surface area (Å²) in [6.07, 6.45) is -1.61. The van der Waals surface area contributed by atoms with Gasteiger partial charge in [0.2, 0.25) is 0 Å². The molecular weight excluding hydrogens is 144 g/mol. The molecule has 1 N–H and O–H groups in total. The first-order valence-electron chi connectivity index (χ1n) is 2.87. The SMILES string of the molecule is O=C(O)N1CCC(F)(F)C1. The average Bonchev–Trinajstić information content (AvgIpc) is 2.10. The van der Waals surface area contributed by atoms with Crippen LogP contribution in [-0.4, -0.2) is 35.1 Å². The van der Waals surface area contributed by atoms with Crippen molar-refractivity contribution in [2.75, 3.05) is 13.1 Å². The van der Waals surface area contributed by atoms with E-state index in [1.807, 2.05) is 0 Å². The van der Waals surface area contributed by atoms with Gasteiger partial charge in [-0.3, -0.25) is 0 Å². The lowest BCUT2D eigenvalue weighted by atomic mass is 10.3. The van der Waals surface area contributed by atoms with Crippen LogP contribution in [0, 0.1) is 0 Å². The van der Waals surface area contributed by atoms with Gasteiger partial charge < -0.3 is 10.0 Å². The molecule has 3 nitrogen and oxygen atoms in total. The Morgan fingerprint density at radius 2 is 2.20 bits per heavy atom. The number of amides is 1. The predicted molar refractivity (Wildman–Crippen MR) is 29.2 cm³/mol. The van der Waals surface area contributed by atoms with E-state index in [2.05, 4.69) is 0 Å².